The summed E-state index contributed by atoms with van der Waals surface area (Å²) in [7, 11) is 0. The van der Waals surface area contributed by atoms with E-state index in [1.165, 1.54) is 17.7 Å². The second kappa shape index (κ2) is 7.94. The van der Waals surface area contributed by atoms with E-state index in [1.807, 2.05) is 12.1 Å². The molecule has 1 amide bonds. The van der Waals surface area contributed by atoms with Crippen molar-refractivity contribution in [3.63, 3.8) is 0 Å². The molecule has 0 fully saturated rings. The molecule has 0 saturated carbocycles. The molecule has 2 rings (SSSR count). The van der Waals surface area contributed by atoms with Crippen LogP contribution in [0.4, 0.5) is 13.2 Å². The molecule has 0 unspecified atom stereocenters. The van der Waals surface area contributed by atoms with E-state index in [-0.39, 0.29) is 17.7 Å². The first-order chi connectivity index (χ1) is 12.1. The number of carbonyl (C=O) groups is 1. The van der Waals surface area contributed by atoms with Crippen LogP contribution in [0.2, 0.25) is 0 Å². The van der Waals surface area contributed by atoms with Crippen molar-refractivity contribution in [3.8, 4) is 0 Å². The van der Waals surface area contributed by atoms with Crippen molar-refractivity contribution in [1.82, 2.24) is 5.32 Å². The first-order valence-corrected chi connectivity index (χ1v) is 8.64. The van der Waals surface area contributed by atoms with E-state index in [0.29, 0.717) is 12.1 Å². The number of hydrogen-bond donors (Lipinski definition) is 1. The van der Waals surface area contributed by atoms with Gasteiger partial charge in [0, 0.05) is 6.54 Å². The van der Waals surface area contributed by atoms with Crippen LogP contribution in [0.5, 0.6) is 0 Å². The molecule has 0 bridgehead atoms. The minimum absolute atomic E-state index is 0.0785. The molecule has 5 heteroatoms. The molecule has 0 aliphatic heterocycles. The molecule has 1 N–H and O–H groups in total. The fraction of sp³-hybridized carbons (Fsp3) is 0.381. The molecule has 0 aliphatic rings. The zero-order valence-corrected chi connectivity index (χ0v) is 15.3. The highest BCUT2D eigenvalue weighted by Gasteiger charge is 2.30. The number of rotatable bonds is 6. The maximum absolute atomic E-state index is 12.7. The van der Waals surface area contributed by atoms with E-state index in [1.54, 1.807) is 0 Å². The molecule has 0 atom stereocenters. The van der Waals surface area contributed by atoms with E-state index in [2.05, 4.69) is 38.2 Å². The molecule has 2 nitrogen and oxygen atoms in total. The van der Waals surface area contributed by atoms with Crippen LogP contribution in [0.25, 0.3) is 0 Å². The first-order valence-electron chi connectivity index (χ1n) is 8.64. The zero-order valence-electron chi connectivity index (χ0n) is 15.3. The molecular formula is C21H24F3NO. The van der Waals surface area contributed by atoms with Crippen LogP contribution in [0.15, 0.2) is 48.5 Å². The lowest BCUT2D eigenvalue weighted by Gasteiger charge is -2.23. The van der Waals surface area contributed by atoms with Crippen LogP contribution in [0, 0.1) is 0 Å². The predicted molar refractivity (Wildman–Crippen MR) is 96.8 cm³/mol. The highest BCUT2D eigenvalue weighted by atomic mass is 19.4. The molecule has 2 aromatic carbocycles. The standard InChI is InChI=1S/C21H24F3NO/c1-4-20(2,3)17-10-8-15(9-11-17)14-25-19(26)13-16-6-5-7-18(12-16)21(22,23)24/h5-12H,4,13-14H2,1-3H3,(H,25,26). The van der Waals surface area contributed by atoms with Crippen molar-refractivity contribution in [2.24, 2.45) is 0 Å². The fourth-order valence-electron chi connectivity index (χ4n) is 2.58. The van der Waals surface area contributed by atoms with Gasteiger partial charge in [0.2, 0.25) is 5.91 Å². The van der Waals surface area contributed by atoms with Gasteiger partial charge in [-0.1, -0.05) is 63.2 Å². The van der Waals surface area contributed by atoms with Crippen LogP contribution < -0.4 is 5.32 Å². The first kappa shape index (κ1) is 20.0. The van der Waals surface area contributed by atoms with E-state index >= 15 is 0 Å². The highest BCUT2D eigenvalue weighted by molar-refractivity contribution is 5.78. The van der Waals surface area contributed by atoms with Crippen LogP contribution in [0.1, 0.15) is 49.4 Å². The maximum atomic E-state index is 12.7. The smallest absolute Gasteiger partial charge is 0.352 e. The van der Waals surface area contributed by atoms with Crippen molar-refractivity contribution in [2.75, 3.05) is 0 Å². The van der Waals surface area contributed by atoms with Crippen molar-refractivity contribution in [3.05, 3.63) is 70.8 Å². The summed E-state index contributed by atoms with van der Waals surface area (Å²) in [6.07, 6.45) is -3.45. The van der Waals surface area contributed by atoms with E-state index in [0.717, 1.165) is 24.1 Å². The average molecular weight is 363 g/mol. The molecule has 26 heavy (non-hydrogen) atoms. The Bertz CT molecular complexity index is 749. The topological polar surface area (TPSA) is 29.1 Å². The molecule has 0 spiro atoms. The molecular weight excluding hydrogens is 339 g/mol. The minimum Gasteiger partial charge on any atom is -0.352 e. The normalized spacial score (nSPS) is 12.1. The third-order valence-electron chi connectivity index (χ3n) is 4.73. The lowest BCUT2D eigenvalue weighted by atomic mass is 9.82. The van der Waals surface area contributed by atoms with Gasteiger partial charge < -0.3 is 5.32 Å². The zero-order chi connectivity index (χ0) is 19.4. The molecule has 0 radical (unpaired) electrons. The third kappa shape index (κ3) is 5.35. The third-order valence-corrected chi connectivity index (χ3v) is 4.73. The molecule has 0 aliphatic carbocycles. The SMILES string of the molecule is CCC(C)(C)c1ccc(CNC(=O)Cc2cccc(C(F)(F)F)c2)cc1. The number of hydrogen-bond acceptors (Lipinski definition) is 1. The Labute approximate surface area is 152 Å². The van der Waals surface area contributed by atoms with Crippen LogP contribution in [-0.4, -0.2) is 5.91 Å². The van der Waals surface area contributed by atoms with Crippen molar-refractivity contribution >= 4 is 5.91 Å². The van der Waals surface area contributed by atoms with Gasteiger partial charge in [-0.2, -0.15) is 13.2 Å². The van der Waals surface area contributed by atoms with Gasteiger partial charge in [0.05, 0.1) is 12.0 Å². The summed E-state index contributed by atoms with van der Waals surface area (Å²) in [6, 6.07) is 12.9. The van der Waals surface area contributed by atoms with Gasteiger partial charge in [0.25, 0.3) is 0 Å². The summed E-state index contributed by atoms with van der Waals surface area (Å²) in [4.78, 5) is 12.0. The Morgan fingerprint density at radius 2 is 1.62 bits per heavy atom. The van der Waals surface area contributed by atoms with Gasteiger partial charge in [-0.3, -0.25) is 4.79 Å². The van der Waals surface area contributed by atoms with Crippen molar-refractivity contribution in [1.29, 1.82) is 0 Å². The molecule has 140 valence electrons. The predicted octanol–water partition coefficient (Wildman–Crippen LogP) is 5.25. The minimum atomic E-state index is -4.40. The lowest BCUT2D eigenvalue weighted by molar-refractivity contribution is -0.137. The number of alkyl halides is 3. The number of nitrogens with one attached hydrogen (secondary N) is 1. The van der Waals surface area contributed by atoms with E-state index in [4.69, 9.17) is 0 Å². The van der Waals surface area contributed by atoms with Gasteiger partial charge in [0.15, 0.2) is 0 Å². The van der Waals surface area contributed by atoms with E-state index < -0.39 is 11.7 Å². The van der Waals surface area contributed by atoms with Gasteiger partial charge in [-0.05, 0) is 34.6 Å². The van der Waals surface area contributed by atoms with E-state index in [9.17, 15) is 18.0 Å². The number of halogens is 3. The quantitative estimate of drug-likeness (QED) is 0.746. The molecule has 2 aromatic rings. The summed E-state index contributed by atoms with van der Waals surface area (Å²) in [6.45, 7) is 6.85. The van der Waals surface area contributed by atoms with Crippen LogP contribution in [-0.2, 0) is 29.4 Å². The van der Waals surface area contributed by atoms with Crippen LogP contribution >= 0.6 is 0 Å². The fourth-order valence-corrected chi connectivity index (χ4v) is 2.58. The number of carbonyl (C=O) groups excluding carboxylic acids is 1. The number of benzene rings is 2. The molecule has 0 saturated heterocycles. The Hall–Kier alpha value is -2.30. The Morgan fingerprint density at radius 3 is 2.19 bits per heavy atom. The van der Waals surface area contributed by atoms with Gasteiger partial charge in [-0.15, -0.1) is 0 Å². The Morgan fingerprint density at radius 1 is 0.962 bits per heavy atom. The van der Waals surface area contributed by atoms with Gasteiger partial charge >= 0.3 is 6.18 Å². The van der Waals surface area contributed by atoms with Gasteiger partial charge in [0.1, 0.15) is 0 Å². The highest BCUT2D eigenvalue weighted by Crippen LogP contribution is 2.29. The summed E-state index contributed by atoms with van der Waals surface area (Å²) in [5.74, 6) is -0.303. The monoisotopic (exact) mass is 363 g/mol. The Kier molecular flexibility index (Phi) is 6.11. The Balaban J connectivity index is 1.93. The van der Waals surface area contributed by atoms with Gasteiger partial charge in [-0.25, -0.2) is 0 Å². The summed E-state index contributed by atoms with van der Waals surface area (Å²) in [5.41, 5.74) is 1.90. The second-order valence-electron chi connectivity index (χ2n) is 7.09. The number of amides is 1. The van der Waals surface area contributed by atoms with Crippen LogP contribution in [0.3, 0.4) is 0 Å². The molecule has 0 heterocycles. The summed E-state index contributed by atoms with van der Waals surface area (Å²) >= 11 is 0. The second-order valence-corrected chi connectivity index (χ2v) is 7.09. The van der Waals surface area contributed by atoms with Crippen molar-refractivity contribution in [2.45, 2.75) is 51.7 Å². The van der Waals surface area contributed by atoms with Crippen molar-refractivity contribution < 1.29 is 18.0 Å². The average Bonchev–Trinajstić information content (AvgIpc) is 2.60. The largest absolute Gasteiger partial charge is 0.416 e. The lowest BCUT2D eigenvalue weighted by Crippen LogP contribution is -2.24. The maximum Gasteiger partial charge on any atom is 0.416 e. The molecule has 0 aromatic heterocycles. The summed E-state index contributed by atoms with van der Waals surface area (Å²) in [5, 5.41) is 2.76. The summed E-state index contributed by atoms with van der Waals surface area (Å²) < 4.78 is 38.1.